The molecule has 6 rings (SSSR count). The average molecular weight is 644 g/mol. The fourth-order valence-electron chi connectivity index (χ4n) is 6.68. The van der Waals surface area contributed by atoms with Crippen molar-refractivity contribution in [3.05, 3.63) is 126 Å². The molecule has 0 radical (unpaired) electrons. The lowest BCUT2D eigenvalue weighted by atomic mass is 9.98. The number of benzene rings is 3. The summed E-state index contributed by atoms with van der Waals surface area (Å²) in [5.74, 6) is 2.68. The smallest absolute Gasteiger partial charge is 0.203 e. The maximum Gasteiger partial charge on any atom is 0.203 e. The Labute approximate surface area is 284 Å². The lowest BCUT2D eigenvalue weighted by Gasteiger charge is -2.40. The van der Waals surface area contributed by atoms with Crippen LogP contribution in [0.4, 0.5) is 5.69 Å². The number of aromatic nitrogens is 1. The first kappa shape index (κ1) is 32.9. The molecule has 0 N–H and O–H groups in total. The van der Waals surface area contributed by atoms with E-state index < -0.39 is 0 Å². The average Bonchev–Trinajstić information content (AvgIpc) is 3.40. The van der Waals surface area contributed by atoms with E-state index in [1.807, 2.05) is 18.3 Å². The molecule has 0 atom stereocenters. The Hall–Kier alpha value is -5.01. The zero-order valence-corrected chi connectivity index (χ0v) is 28.4. The van der Waals surface area contributed by atoms with Crippen LogP contribution in [0.25, 0.3) is 16.8 Å². The van der Waals surface area contributed by atoms with Crippen LogP contribution < -0.4 is 23.8 Å². The molecule has 0 saturated carbocycles. The van der Waals surface area contributed by atoms with Crippen LogP contribution in [0.1, 0.15) is 30.4 Å². The normalized spacial score (nSPS) is 15.2. The number of nitrogens with zero attached hydrogens (tertiary/aromatic N) is 3. The van der Waals surface area contributed by atoms with Crippen molar-refractivity contribution in [2.24, 2.45) is 0 Å². The van der Waals surface area contributed by atoms with Crippen LogP contribution >= 0.6 is 0 Å². The van der Waals surface area contributed by atoms with Crippen molar-refractivity contribution >= 4 is 11.3 Å². The first-order valence-electron chi connectivity index (χ1n) is 16.6. The monoisotopic (exact) mass is 643 g/mol. The van der Waals surface area contributed by atoms with Gasteiger partial charge >= 0.3 is 0 Å². The fraction of sp³-hybridized carbons (Fsp3) is 0.293. The third-order valence-corrected chi connectivity index (χ3v) is 9.23. The minimum Gasteiger partial charge on any atom is -0.497 e. The van der Waals surface area contributed by atoms with E-state index in [9.17, 15) is 0 Å². The number of ether oxygens (including phenoxy) is 4. The summed E-state index contributed by atoms with van der Waals surface area (Å²) in [6.45, 7) is 3.75. The number of pyridine rings is 1. The first-order valence-corrected chi connectivity index (χ1v) is 16.6. The van der Waals surface area contributed by atoms with E-state index in [0.717, 1.165) is 62.4 Å². The van der Waals surface area contributed by atoms with Gasteiger partial charge in [-0.05, 0) is 90.1 Å². The predicted octanol–water partition coefficient (Wildman–Crippen LogP) is 8.22. The molecule has 2 heterocycles. The molecule has 1 aromatic heterocycles. The molecule has 0 bridgehead atoms. The molecule has 3 aromatic carbocycles. The Morgan fingerprint density at radius 3 is 2.19 bits per heavy atom. The maximum atomic E-state index is 5.58. The van der Waals surface area contributed by atoms with Crippen molar-refractivity contribution < 1.29 is 18.9 Å². The molecule has 0 spiro atoms. The third-order valence-electron chi connectivity index (χ3n) is 9.23. The zero-order valence-electron chi connectivity index (χ0n) is 28.4. The number of allylic oxidation sites excluding steroid dienone is 4. The second-order valence-corrected chi connectivity index (χ2v) is 12.2. The Balaban J connectivity index is 1.17. The van der Waals surface area contributed by atoms with Crippen molar-refractivity contribution in [2.75, 3.05) is 53.0 Å². The van der Waals surface area contributed by atoms with E-state index in [2.05, 4.69) is 106 Å². The minimum absolute atomic E-state index is 0.420. The molecule has 0 unspecified atom stereocenters. The highest BCUT2D eigenvalue weighted by Gasteiger charge is 2.26. The van der Waals surface area contributed by atoms with Gasteiger partial charge in [0.1, 0.15) is 5.75 Å². The highest BCUT2D eigenvalue weighted by atomic mass is 16.5. The molecular weight excluding hydrogens is 598 g/mol. The van der Waals surface area contributed by atoms with Gasteiger partial charge in [0.15, 0.2) is 11.5 Å². The maximum absolute atomic E-state index is 5.58. The molecule has 7 heteroatoms. The second-order valence-electron chi connectivity index (χ2n) is 12.2. The highest BCUT2D eigenvalue weighted by Crippen LogP contribution is 2.41. The molecule has 7 nitrogen and oxygen atoms in total. The van der Waals surface area contributed by atoms with Crippen LogP contribution in [-0.4, -0.2) is 64.0 Å². The van der Waals surface area contributed by atoms with Crippen molar-refractivity contribution in [1.82, 2.24) is 9.88 Å². The summed E-state index contributed by atoms with van der Waals surface area (Å²) in [6.07, 6.45) is 14.1. The number of hydrogen-bond acceptors (Lipinski definition) is 7. The Morgan fingerprint density at radius 1 is 0.792 bits per heavy atom. The Kier molecular flexibility index (Phi) is 10.8. The molecule has 1 fully saturated rings. The minimum atomic E-state index is 0.420. The van der Waals surface area contributed by atoms with E-state index >= 15 is 0 Å². The van der Waals surface area contributed by atoms with Gasteiger partial charge in [0, 0.05) is 49.7 Å². The Morgan fingerprint density at radius 2 is 1.52 bits per heavy atom. The van der Waals surface area contributed by atoms with Gasteiger partial charge < -0.3 is 23.8 Å². The molecule has 1 saturated heterocycles. The lowest BCUT2D eigenvalue weighted by molar-refractivity contribution is 0.202. The number of rotatable bonds is 12. The summed E-state index contributed by atoms with van der Waals surface area (Å²) in [6, 6.07) is 27.8. The van der Waals surface area contributed by atoms with E-state index in [1.165, 1.54) is 28.0 Å². The number of piperidine rings is 1. The summed E-state index contributed by atoms with van der Waals surface area (Å²) < 4.78 is 22.2. The van der Waals surface area contributed by atoms with Gasteiger partial charge in [-0.2, -0.15) is 0 Å². The molecule has 1 aliphatic carbocycles. The lowest BCUT2D eigenvalue weighted by Crippen LogP contribution is -2.45. The largest absolute Gasteiger partial charge is 0.497 e. The molecule has 2 aliphatic rings. The van der Waals surface area contributed by atoms with Gasteiger partial charge in [-0.25, -0.2) is 0 Å². The zero-order chi connectivity index (χ0) is 33.3. The van der Waals surface area contributed by atoms with Crippen molar-refractivity contribution in [3.8, 4) is 34.3 Å². The molecule has 4 aromatic rings. The van der Waals surface area contributed by atoms with Gasteiger partial charge in [-0.3, -0.25) is 9.88 Å². The summed E-state index contributed by atoms with van der Waals surface area (Å²) in [5.41, 5.74) is 8.20. The highest BCUT2D eigenvalue weighted by molar-refractivity contribution is 5.71. The van der Waals surface area contributed by atoms with Gasteiger partial charge in [0.25, 0.3) is 0 Å². The fourth-order valence-corrected chi connectivity index (χ4v) is 6.68. The second kappa shape index (κ2) is 15.7. The molecule has 1 aliphatic heterocycles. The molecule has 48 heavy (non-hydrogen) atoms. The van der Waals surface area contributed by atoms with Gasteiger partial charge in [-0.1, -0.05) is 54.6 Å². The SMILES string of the molecule is COc1ccc(N(CC2=CC=CCC(c3ccccc3)=C2)C2CCN(Cc3ccnc(-c4cc(OC)c(OC)c(OC)c4)c3)CC2)cc1. The quantitative estimate of drug-likeness (QED) is 0.154. The van der Waals surface area contributed by atoms with Crippen LogP contribution in [0.2, 0.25) is 0 Å². The predicted molar refractivity (Wildman–Crippen MR) is 194 cm³/mol. The van der Waals surface area contributed by atoms with Gasteiger partial charge in [0.2, 0.25) is 5.75 Å². The summed E-state index contributed by atoms with van der Waals surface area (Å²) in [7, 11) is 6.60. The van der Waals surface area contributed by atoms with Crippen molar-refractivity contribution in [2.45, 2.75) is 31.8 Å². The summed E-state index contributed by atoms with van der Waals surface area (Å²) >= 11 is 0. The van der Waals surface area contributed by atoms with Crippen LogP contribution in [0.3, 0.4) is 0 Å². The topological polar surface area (TPSA) is 56.3 Å². The van der Waals surface area contributed by atoms with Crippen molar-refractivity contribution in [1.29, 1.82) is 0 Å². The first-order chi connectivity index (χ1) is 23.6. The van der Waals surface area contributed by atoms with E-state index in [0.29, 0.717) is 23.3 Å². The van der Waals surface area contributed by atoms with Gasteiger partial charge in [0.05, 0.1) is 34.1 Å². The molecular formula is C41H45N3O4. The van der Waals surface area contributed by atoms with E-state index in [1.54, 1.807) is 28.4 Å². The number of hydrogen-bond donors (Lipinski definition) is 0. The van der Waals surface area contributed by atoms with Crippen molar-refractivity contribution in [3.63, 3.8) is 0 Å². The van der Waals surface area contributed by atoms with E-state index in [-0.39, 0.29) is 0 Å². The van der Waals surface area contributed by atoms with Crippen LogP contribution in [0, 0.1) is 0 Å². The number of methoxy groups -OCH3 is 4. The summed E-state index contributed by atoms with van der Waals surface area (Å²) in [5, 5.41) is 0. The molecule has 248 valence electrons. The number of anilines is 1. The van der Waals surface area contributed by atoms with Crippen LogP contribution in [0.5, 0.6) is 23.0 Å². The summed E-state index contributed by atoms with van der Waals surface area (Å²) in [4.78, 5) is 9.82. The van der Waals surface area contributed by atoms with Gasteiger partial charge in [-0.15, -0.1) is 0 Å². The molecule has 0 amide bonds. The number of likely N-dealkylation sites (tertiary alicyclic amines) is 1. The van der Waals surface area contributed by atoms with Crippen LogP contribution in [0.15, 0.2) is 115 Å². The Bertz CT molecular complexity index is 1730. The third kappa shape index (κ3) is 7.75. The van der Waals surface area contributed by atoms with Crippen LogP contribution in [-0.2, 0) is 6.54 Å². The van der Waals surface area contributed by atoms with E-state index in [4.69, 9.17) is 18.9 Å². The standard InChI is InChI=1S/C41H45N3O4/c1-45-37-16-14-35(15-17-37)44(29-30-10-8-9-13-33(24-30)32-11-6-5-7-12-32)36-19-22-43(23-20-36)28-31-18-21-42-38(25-31)34-26-39(46-2)41(48-4)40(27-34)47-3/h5-12,14-18,21,24-27,36H,13,19-20,22-23,28-29H2,1-4H3.